The zero-order valence-electron chi connectivity index (χ0n) is 7.57. The highest BCUT2D eigenvalue weighted by atomic mass is 35.5. The number of aromatic nitrogens is 1. The van der Waals surface area contributed by atoms with Crippen LogP contribution in [0.3, 0.4) is 0 Å². The van der Waals surface area contributed by atoms with Crippen LogP contribution in [0.2, 0.25) is 0 Å². The fraction of sp³-hybridized carbons (Fsp3) is 0.300. The van der Waals surface area contributed by atoms with Gasteiger partial charge in [-0.3, -0.25) is 8.75 Å². The number of hydrogen-bond acceptors (Lipinski definition) is 2. The number of benzene rings is 1. The molecule has 0 bridgehead atoms. The van der Waals surface area contributed by atoms with E-state index in [1.54, 1.807) is 3.96 Å². The average Bonchev–Trinajstić information content (AvgIpc) is 2.54. The van der Waals surface area contributed by atoms with Gasteiger partial charge >= 0.3 is 0 Å². The molecule has 0 atom stereocenters. The van der Waals surface area contributed by atoms with E-state index in [1.807, 2.05) is 24.3 Å². The minimum absolute atomic E-state index is 0.107. The first-order valence-electron chi connectivity index (χ1n) is 4.48. The summed E-state index contributed by atoms with van der Waals surface area (Å²) >= 11 is 7.10. The average molecular weight is 228 g/mol. The van der Waals surface area contributed by atoms with Gasteiger partial charge in [-0.1, -0.05) is 23.7 Å². The van der Waals surface area contributed by atoms with Crippen LogP contribution in [0.4, 0.5) is 0 Å². The quantitative estimate of drug-likeness (QED) is 0.739. The summed E-state index contributed by atoms with van der Waals surface area (Å²) in [5.74, 6) is 0.598. The molecule has 0 unspecified atom stereocenters. The summed E-state index contributed by atoms with van der Waals surface area (Å²) in [6.45, 7) is 0.724. The van der Waals surface area contributed by atoms with E-state index < -0.39 is 0 Å². The second-order valence-electron chi connectivity index (χ2n) is 3.04. The number of nitrogens with zero attached hydrogens (tertiary/aromatic N) is 1. The third-order valence-corrected chi connectivity index (χ3v) is 3.44. The van der Waals surface area contributed by atoms with Crippen LogP contribution >= 0.6 is 23.1 Å². The van der Waals surface area contributed by atoms with Crippen molar-refractivity contribution in [2.75, 3.05) is 5.88 Å². The van der Waals surface area contributed by atoms with E-state index >= 15 is 0 Å². The van der Waals surface area contributed by atoms with Crippen molar-refractivity contribution in [1.82, 2.24) is 3.96 Å². The molecule has 2 rings (SSSR count). The molecule has 4 heteroatoms. The summed E-state index contributed by atoms with van der Waals surface area (Å²) in [6, 6.07) is 7.68. The molecule has 74 valence electrons. The molecule has 0 aliphatic rings. The lowest BCUT2D eigenvalue weighted by Gasteiger charge is -1.94. The fourth-order valence-electron chi connectivity index (χ4n) is 1.37. The van der Waals surface area contributed by atoms with Crippen LogP contribution in [-0.2, 0) is 6.54 Å². The van der Waals surface area contributed by atoms with Crippen LogP contribution in [0.5, 0.6) is 0 Å². The Morgan fingerprint density at radius 3 is 2.86 bits per heavy atom. The summed E-state index contributed by atoms with van der Waals surface area (Å²) in [4.78, 5) is 11.8. The smallest absolute Gasteiger partial charge is 0.268 e. The molecule has 0 saturated carbocycles. The van der Waals surface area contributed by atoms with E-state index in [4.69, 9.17) is 11.6 Å². The third kappa shape index (κ3) is 1.70. The highest BCUT2D eigenvalue weighted by Crippen LogP contribution is 2.15. The van der Waals surface area contributed by atoms with Gasteiger partial charge in [0.05, 0.1) is 10.1 Å². The highest BCUT2D eigenvalue weighted by Gasteiger charge is 2.05. The molecule has 0 N–H and O–H groups in total. The lowest BCUT2D eigenvalue weighted by molar-refractivity contribution is 0.720. The van der Waals surface area contributed by atoms with E-state index in [0.717, 1.165) is 23.1 Å². The van der Waals surface area contributed by atoms with Gasteiger partial charge in [0.25, 0.3) is 5.56 Å². The first kappa shape index (κ1) is 9.74. The fourth-order valence-corrected chi connectivity index (χ4v) is 2.52. The lowest BCUT2D eigenvalue weighted by Crippen LogP contribution is -2.12. The summed E-state index contributed by atoms with van der Waals surface area (Å²) in [5.41, 5.74) is 0.107. The molecule has 0 aliphatic carbocycles. The molecule has 0 spiro atoms. The first-order chi connectivity index (χ1) is 6.83. The molecule has 0 amide bonds. The van der Waals surface area contributed by atoms with Crippen LogP contribution in [0.25, 0.3) is 10.1 Å². The minimum Gasteiger partial charge on any atom is -0.268 e. The van der Waals surface area contributed by atoms with Crippen molar-refractivity contribution < 1.29 is 0 Å². The van der Waals surface area contributed by atoms with Gasteiger partial charge in [0.15, 0.2) is 0 Å². The Kier molecular flexibility index (Phi) is 2.89. The number of aryl methyl sites for hydroxylation is 1. The number of hydrogen-bond donors (Lipinski definition) is 0. The normalized spacial score (nSPS) is 10.9. The topological polar surface area (TPSA) is 22.0 Å². The molecule has 14 heavy (non-hydrogen) atoms. The Morgan fingerprint density at radius 2 is 2.14 bits per heavy atom. The monoisotopic (exact) mass is 227 g/mol. The van der Waals surface area contributed by atoms with Gasteiger partial charge in [0.1, 0.15) is 0 Å². The zero-order valence-corrected chi connectivity index (χ0v) is 9.14. The summed E-state index contributed by atoms with van der Waals surface area (Å²) in [7, 11) is 0. The van der Waals surface area contributed by atoms with Gasteiger partial charge in [0.2, 0.25) is 0 Å². The maximum Gasteiger partial charge on any atom is 0.268 e. The van der Waals surface area contributed by atoms with E-state index in [0.29, 0.717) is 5.88 Å². The molecular weight excluding hydrogens is 218 g/mol. The molecule has 1 heterocycles. The van der Waals surface area contributed by atoms with Crippen molar-refractivity contribution in [1.29, 1.82) is 0 Å². The maximum atomic E-state index is 11.8. The predicted molar refractivity (Wildman–Crippen MR) is 61.4 cm³/mol. The number of fused-ring (bicyclic) bond motifs is 1. The van der Waals surface area contributed by atoms with Crippen LogP contribution < -0.4 is 5.56 Å². The van der Waals surface area contributed by atoms with Gasteiger partial charge < -0.3 is 0 Å². The van der Waals surface area contributed by atoms with E-state index in [1.165, 1.54) is 11.5 Å². The predicted octanol–water partition coefficient (Wildman–Crippen LogP) is 2.69. The Labute approximate surface area is 90.9 Å². The van der Waals surface area contributed by atoms with Crippen molar-refractivity contribution in [2.24, 2.45) is 0 Å². The molecule has 1 aromatic carbocycles. The largest absolute Gasteiger partial charge is 0.268 e. The van der Waals surface area contributed by atoms with Crippen LogP contribution in [-0.4, -0.2) is 9.84 Å². The van der Waals surface area contributed by atoms with Crippen molar-refractivity contribution in [3.8, 4) is 0 Å². The molecule has 0 saturated heterocycles. The second kappa shape index (κ2) is 4.15. The van der Waals surface area contributed by atoms with Gasteiger partial charge in [-0.05, 0) is 18.6 Å². The Morgan fingerprint density at radius 1 is 1.36 bits per heavy atom. The van der Waals surface area contributed by atoms with Crippen molar-refractivity contribution in [2.45, 2.75) is 13.0 Å². The third-order valence-electron chi connectivity index (χ3n) is 2.05. The molecule has 1 aromatic heterocycles. The minimum atomic E-state index is 0.107. The van der Waals surface area contributed by atoms with Crippen molar-refractivity contribution >= 4 is 33.2 Å². The number of rotatable bonds is 3. The van der Waals surface area contributed by atoms with Crippen LogP contribution in [0.1, 0.15) is 6.42 Å². The first-order valence-corrected chi connectivity index (χ1v) is 5.78. The number of halogens is 1. The van der Waals surface area contributed by atoms with E-state index in [9.17, 15) is 4.79 Å². The van der Waals surface area contributed by atoms with E-state index in [-0.39, 0.29) is 5.56 Å². The molecule has 0 fully saturated rings. The Hall–Kier alpha value is -0.800. The standard InChI is InChI=1S/C10H10ClNOS/c11-6-3-7-12-10(13)8-4-1-2-5-9(8)14-12/h1-2,4-5H,3,6-7H2. The zero-order chi connectivity index (χ0) is 9.97. The molecular formula is C10H10ClNOS. The van der Waals surface area contributed by atoms with Crippen molar-refractivity contribution in [3.05, 3.63) is 34.6 Å². The lowest BCUT2D eigenvalue weighted by atomic mass is 10.3. The van der Waals surface area contributed by atoms with Gasteiger partial charge in [-0.2, -0.15) is 0 Å². The summed E-state index contributed by atoms with van der Waals surface area (Å²) < 4.78 is 2.82. The SMILES string of the molecule is O=c1c2ccccc2sn1CCCCl. The summed E-state index contributed by atoms with van der Waals surface area (Å²) in [5, 5.41) is 0.812. The van der Waals surface area contributed by atoms with Gasteiger partial charge in [-0.15, -0.1) is 11.6 Å². The van der Waals surface area contributed by atoms with Crippen LogP contribution in [0.15, 0.2) is 29.1 Å². The van der Waals surface area contributed by atoms with Crippen LogP contribution in [0, 0.1) is 0 Å². The summed E-state index contributed by atoms with van der Waals surface area (Å²) in [6.07, 6.45) is 0.842. The highest BCUT2D eigenvalue weighted by molar-refractivity contribution is 7.13. The maximum absolute atomic E-state index is 11.8. The van der Waals surface area contributed by atoms with Gasteiger partial charge in [0, 0.05) is 12.4 Å². The van der Waals surface area contributed by atoms with Crippen molar-refractivity contribution in [3.63, 3.8) is 0 Å². The Bertz CT molecular complexity index is 488. The molecule has 0 radical (unpaired) electrons. The molecule has 2 aromatic rings. The van der Waals surface area contributed by atoms with Gasteiger partial charge in [-0.25, -0.2) is 0 Å². The Balaban J connectivity index is 2.47. The second-order valence-corrected chi connectivity index (χ2v) is 4.48. The van der Waals surface area contributed by atoms with E-state index in [2.05, 4.69) is 0 Å². The number of alkyl halides is 1. The molecule has 2 nitrogen and oxygen atoms in total. The molecule has 0 aliphatic heterocycles.